The van der Waals surface area contributed by atoms with Gasteiger partial charge in [-0.3, -0.25) is 19.2 Å². The SMILES string of the molecule is Cl.Cn1cc(NC(=O)c2coc(-c3ccnc(NCC(F)(F)F)c3)n2)c(N2CCC(C)(C)C2=O)n1. The van der Waals surface area contributed by atoms with Crippen LogP contribution in [0.2, 0.25) is 0 Å². The first kappa shape index (κ1) is 26.0. The van der Waals surface area contributed by atoms with Crippen LogP contribution in [0.15, 0.2) is 35.2 Å². The molecule has 0 spiro atoms. The van der Waals surface area contributed by atoms with Crippen LogP contribution in [0.1, 0.15) is 30.8 Å². The summed E-state index contributed by atoms with van der Waals surface area (Å²) in [6.07, 6.45) is 0.275. The minimum Gasteiger partial charge on any atom is -0.444 e. The van der Waals surface area contributed by atoms with Crippen molar-refractivity contribution in [1.29, 1.82) is 0 Å². The first-order valence-corrected chi connectivity index (χ1v) is 10.3. The van der Waals surface area contributed by atoms with E-state index in [1.165, 1.54) is 27.9 Å². The number of rotatable bonds is 6. The fourth-order valence-electron chi connectivity index (χ4n) is 3.48. The molecule has 0 atom stereocenters. The van der Waals surface area contributed by atoms with Gasteiger partial charge >= 0.3 is 6.18 Å². The third-order valence-electron chi connectivity index (χ3n) is 5.31. The molecule has 2 amide bonds. The minimum atomic E-state index is -4.40. The summed E-state index contributed by atoms with van der Waals surface area (Å²) in [5.41, 5.74) is 0.105. The summed E-state index contributed by atoms with van der Waals surface area (Å²) in [7, 11) is 1.67. The fraction of sp³-hybridized carbons (Fsp3) is 0.381. The maximum Gasteiger partial charge on any atom is 0.405 e. The summed E-state index contributed by atoms with van der Waals surface area (Å²) < 4.78 is 44.1. The topological polar surface area (TPSA) is 118 Å². The molecule has 3 aromatic rings. The smallest absolute Gasteiger partial charge is 0.405 e. The zero-order valence-electron chi connectivity index (χ0n) is 19.0. The predicted octanol–water partition coefficient (Wildman–Crippen LogP) is 3.88. The summed E-state index contributed by atoms with van der Waals surface area (Å²) in [6.45, 7) is 2.95. The van der Waals surface area contributed by atoms with Gasteiger partial charge in [0, 0.05) is 30.8 Å². The third-order valence-corrected chi connectivity index (χ3v) is 5.31. The Morgan fingerprint density at radius 2 is 2.06 bits per heavy atom. The molecular formula is C21H23ClF3N7O3. The molecule has 0 unspecified atom stereocenters. The molecule has 0 aromatic carbocycles. The number of amides is 2. The number of hydrogen-bond acceptors (Lipinski definition) is 7. The third kappa shape index (κ3) is 5.73. The first-order valence-electron chi connectivity index (χ1n) is 10.3. The van der Waals surface area contributed by atoms with Crippen LogP contribution in [0.25, 0.3) is 11.5 Å². The summed E-state index contributed by atoms with van der Waals surface area (Å²) >= 11 is 0. The number of halogens is 4. The number of oxazole rings is 1. The normalized spacial score (nSPS) is 15.1. The largest absolute Gasteiger partial charge is 0.444 e. The van der Waals surface area contributed by atoms with Gasteiger partial charge in [-0.25, -0.2) is 9.97 Å². The molecule has 1 aliphatic heterocycles. The summed E-state index contributed by atoms with van der Waals surface area (Å²) in [5.74, 6) is -0.329. The molecule has 3 aromatic heterocycles. The summed E-state index contributed by atoms with van der Waals surface area (Å²) in [5, 5.41) is 9.19. The van der Waals surface area contributed by atoms with Gasteiger partial charge in [-0.2, -0.15) is 18.3 Å². The Bertz CT molecular complexity index is 1240. The highest BCUT2D eigenvalue weighted by Crippen LogP contribution is 2.36. The van der Waals surface area contributed by atoms with Crippen molar-refractivity contribution in [3.8, 4) is 11.5 Å². The molecule has 1 saturated heterocycles. The van der Waals surface area contributed by atoms with Gasteiger partial charge in [0.15, 0.2) is 11.5 Å². The number of anilines is 3. The molecule has 0 aliphatic carbocycles. The van der Waals surface area contributed by atoms with Crippen LogP contribution in [0.4, 0.5) is 30.5 Å². The average molecular weight is 514 g/mol. The van der Waals surface area contributed by atoms with Gasteiger partial charge in [0.05, 0.1) is 6.20 Å². The molecule has 188 valence electrons. The number of carbonyl (C=O) groups excluding carboxylic acids is 2. The second-order valence-corrected chi connectivity index (χ2v) is 8.52. The number of aryl methyl sites for hydroxylation is 1. The van der Waals surface area contributed by atoms with Crippen molar-refractivity contribution in [1.82, 2.24) is 19.7 Å². The van der Waals surface area contributed by atoms with Crippen molar-refractivity contribution >= 4 is 41.5 Å². The zero-order valence-corrected chi connectivity index (χ0v) is 19.8. The van der Waals surface area contributed by atoms with Crippen molar-refractivity contribution in [2.45, 2.75) is 26.4 Å². The van der Waals surface area contributed by atoms with Crippen LogP contribution in [-0.4, -0.2) is 50.8 Å². The van der Waals surface area contributed by atoms with E-state index in [1.807, 2.05) is 13.8 Å². The quantitative estimate of drug-likeness (QED) is 0.513. The van der Waals surface area contributed by atoms with Crippen LogP contribution < -0.4 is 15.5 Å². The highest BCUT2D eigenvalue weighted by atomic mass is 35.5. The van der Waals surface area contributed by atoms with Crippen LogP contribution in [0.3, 0.4) is 0 Å². The minimum absolute atomic E-state index is 0. The number of aromatic nitrogens is 4. The van der Waals surface area contributed by atoms with Gasteiger partial charge in [-0.1, -0.05) is 13.8 Å². The standard InChI is InChI=1S/C21H22F3N7O3.ClH/c1-20(2)5-7-31(19(20)33)16-13(9-30(3)29-16)27-17(32)14-10-34-18(28-14)12-4-6-25-15(8-12)26-11-21(22,23)24;/h4,6,8-10H,5,7,11H2,1-3H3,(H,25,26)(H,27,32);1H. The van der Waals surface area contributed by atoms with Gasteiger partial charge in [0.1, 0.15) is 24.3 Å². The fourth-order valence-corrected chi connectivity index (χ4v) is 3.48. The van der Waals surface area contributed by atoms with Crippen LogP contribution in [0.5, 0.6) is 0 Å². The van der Waals surface area contributed by atoms with Gasteiger partial charge in [0.2, 0.25) is 11.8 Å². The Labute approximate surface area is 204 Å². The van der Waals surface area contributed by atoms with Crippen molar-refractivity contribution in [3.05, 3.63) is 36.5 Å². The van der Waals surface area contributed by atoms with E-state index in [1.54, 1.807) is 13.2 Å². The predicted molar refractivity (Wildman–Crippen MR) is 123 cm³/mol. The maximum absolute atomic E-state index is 12.8. The Morgan fingerprint density at radius 1 is 1.31 bits per heavy atom. The van der Waals surface area contributed by atoms with Gasteiger partial charge in [0.25, 0.3) is 5.91 Å². The molecule has 0 saturated carbocycles. The number of carbonyl (C=O) groups is 2. The second kappa shape index (κ2) is 9.56. The number of hydrogen-bond donors (Lipinski definition) is 2. The van der Waals surface area contributed by atoms with Crippen molar-refractivity contribution in [2.24, 2.45) is 12.5 Å². The van der Waals surface area contributed by atoms with E-state index in [4.69, 9.17) is 4.42 Å². The second-order valence-electron chi connectivity index (χ2n) is 8.52. The Hall–Kier alpha value is -3.61. The van der Waals surface area contributed by atoms with E-state index in [2.05, 4.69) is 25.7 Å². The lowest BCUT2D eigenvalue weighted by Gasteiger charge is -2.18. The van der Waals surface area contributed by atoms with Crippen molar-refractivity contribution < 1.29 is 27.2 Å². The number of nitrogens with zero attached hydrogens (tertiary/aromatic N) is 5. The van der Waals surface area contributed by atoms with E-state index < -0.39 is 24.0 Å². The van der Waals surface area contributed by atoms with Crippen molar-refractivity contribution in [3.63, 3.8) is 0 Å². The van der Waals surface area contributed by atoms with E-state index in [-0.39, 0.29) is 35.7 Å². The summed E-state index contributed by atoms with van der Waals surface area (Å²) in [6, 6.07) is 2.82. The Balaban J connectivity index is 0.00000342. The zero-order chi connectivity index (χ0) is 24.7. The lowest BCUT2D eigenvalue weighted by Crippen LogP contribution is -2.32. The lowest BCUT2D eigenvalue weighted by molar-refractivity contribution is -0.124. The highest BCUT2D eigenvalue weighted by Gasteiger charge is 2.41. The maximum atomic E-state index is 12.8. The van der Waals surface area contributed by atoms with Gasteiger partial charge < -0.3 is 15.1 Å². The molecule has 1 fully saturated rings. The molecule has 1 aliphatic rings. The number of pyridine rings is 1. The average Bonchev–Trinajstić information content (AvgIpc) is 3.45. The number of nitrogens with one attached hydrogen (secondary N) is 2. The Morgan fingerprint density at radius 3 is 2.71 bits per heavy atom. The molecule has 4 heterocycles. The molecule has 10 nitrogen and oxygen atoms in total. The molecule has 0 bridgehead atoms. The Kier molecular flexibility index (Phi) is 7.11. The first-order chi connectivity index (χ1) is 15.9. The lowest BCUT2D eigenvalue weighted by atomic mass is 9.92. The van der Waals surface area contributed by atoms with E-state index >= 15 is 0 Å². The summed E-state index contributed by atoms with van der Waals surface area (Å²) in [4.78, 5) is 35.0. The van der Waals surface area contributed by atoms with E-state index in [0.717, 1.165) is 6.26 Å². The van der Waals surface area contributed by atoms with Crippen LogP contribution in [0, 0.1) is 5.41 Å². The monoisotopic (exact) mass is 513 g/mol. The molecule has 14 heteroatoms. The van der Waals surface area contributed by atoms with E-state index in [9.17, 15) is 22.8 Å². The van der Waals surface area contributed by atoms with Crippen molar-refractivity contribution in [2.75, 3.05) is 28.6 Å². The highest BCUT2D eigenvalue weighted by molar-refractivity contribution is 6.07. The molecular weight excluding hydrogens is 491 g/mol. The van der Waals surface area contributed by atoms with E-state index in [0.29, 0.717) is 30.0 Å². The van der Waals surface area contributed by atoms with Gasteiger partial charge in [-0.15, -0.1) is 12.4 Å². The van der Waals surface area contributed by atoms with Crippen LogP contribution >= 0.6 is 12.4 Å². The number of alkyl halides is 3. The molecule has 35 heavy (non-hydrogen) atoms. The molecule has 0 radical (unpaired) electrons. The van der Waals surface area contributed by atoms with Crippen LogP contribution in [-0.2, 0) is 11.8 Å². The molecule has 2 N–H and O–H groups in total. The van der Waals surface area contributed by atoms with Gasteiger partial charge in [-0.05, 0) is 18.6 Å². The molecule has 4 rings (SSSR count).